The highest BCUT2D eigenvalue weighted by Crippen LogP contribution is 2.03. The summed E-state index contributed by atoms with van der Waals surface area (Å²) in [7, 11) is 1.26. The lowest BCUT2D eigenvalue weighted by atomic mass is 10.4. The van der Waals surface area contributed by atoms with E-state index in [0.717, 1.165) is 4.90 Å². The maximum absolute atomic E-state index is 12.0. The van der Waals surface area contributed by atoms with Gasteiger partial charge in [0, 0.05) is 7.05 Å². The Kier molecular flexibility index (Phi) is 3.48. The second kappa shape index (κ2) is 4.63. The highest BCUT2D eigenvalue weighted by Gasteiger charge is 2.17. The lowest BCUT2D eigenvalue weighted by molar-refractivity contribution is 0.0615. The molecule has 0 aliphatic rings. The average molecular weight is 216 g/mol. The van der Waals surface area contributed by atoms with E-state index in [2.05, 4.69) is 9.97 Å². The highest BCUT2D eigenvalue weighted by molar-refractivity contribution is 5.92. The molecule has 0 spiro atoms. The van der Waals surface area contributed by atoms with Crippen LogP contribution in [-0.4, -0.2) is 40.8 Å². The number of carbonyl (C=O) groups excluding carboxylic acids is 1. The molecule has 1 amide bonds. The molecule has 0 radical (unpaired) electrons. The van der Waals surface area contributed by atoms with Crippen molar-refractivity contribution < 1.29 is 13.6 Å². The molecule has 0 unspecified atom stereocenters. The normalized spacial score (nSPS) is 10.4. The van der Waals surface area contributed by atoms with E-state index in [1.807, 2.05) is 0 Å². The average Bonchev–Trinajstić information content (AvgIpc) is 2.15. The van der Waals surface area contributed by atoms with Crippen molar-refractivity contribution in [2.24, 2.45) is 0 Å². The topological polar surface area (TPSA) is 72.1 Å². The molecular formula is C8H10F2N4O. The quantitative estimate of drug-likeness (QED) is 0.793. The number of nitrogens with two attached hydrogens (primary N) is 1. The van der Waals surface area contributed by atoms with Gasteiger partial charge in [-0.15, -0.1) is 0 Å². The fraction of sp³-hybridized carbons (Fsp3) is 0.375. The van der Waals surface area contributed by atoms with E-state index in [4.69, 9.17) is 5.73 Å². The van der Waals surface area contributed by atoms with E-state index in [9.17, 15) is 13.6 Å². The Labute approximate surface area is 84.9 Å². The molecule has 0 saturated heterocycles. The Hall–Kier alpha value is -1.79. The smallest absolute Gasteiger partial charge is 0.274 e. The maximum atomic E-state index is 12.0. The number of rotatable bonds is 3. The van der Waals surface area contributed by atoms with Gasteiger partial charge in [0.25, 0.3) is 12.3 Å². The van der Waals surface area contributed by atoms with Gasteiger partial charge in [-0.1, -0.05) is 0 Å². The number of halogens is 2. The molecule has 1 aromatic heterocycles. The van der Waals surface area contributed by atoms with Gasteiger partial charge < -0.3 is 10.6 Å². The van der Waals surface area contributed by atoms with Crippen LogP contribution in [0, 0.1) is 0 Å². The van der Waals surface area contributed by atoms with Crippen LogP contribution in [0.25, 0.3) is 0 Å². The van der Waals surface area contributed by atoms with Crippen molar-refractivity contribution in [3.63, 3.8) is 0 Å². The van der Waals surface area contributed by atoms with Crippen LogP contribution in [0.5, 0.6) is 0 Å². The van der Waals surface area contributed by atoms with Gasteiger partial charge in [0.05, 0.1) is 18.9 Å². The molecule has 15 heavy (non-hydrogen) atoms. The number of aromatic nitrogens is 2. The van der Waals surface area contributed by atoms with Crippen LogP contribution in [0.15, 0.2) is 12.4 Å². The Morgan fingerprint density at radius 3 is 2.80 bits per heavy atom. The SMILES string of the molecule is CN(CC(F)F)C(=O)c1cncc(N)n1. The van der Waals surface area contributed by atoms with Crippen LogP contribution < -0.4 is 5.73 Å². The zero-order valence-electron chi connectivity index (χ0n) is 8.02. The van der Waals surface area contributed by atoms with Crippen molar-refractivity contribution in [1.82, 2.24) is 14.9 Å². The third-order valence-corrected chi connectivity index (χ3v) is 1.63. The van der Waals surface area contributed by atoms with Crippen LogP contribution >= 0.6 is 0 Å². The molecule has 1 aromatic rings. The maximum Gasteiger partial charge on any atom is 0.274 e. The summed E-state index contributed by atoms with van der Waals surface area (Å²) in [4.78, 5) is 19.7. The molecule has 0 fully saturated rings. The molecule has 2 N–H and O–H groups in total. The van der Waals surface area contributed by atoms with Crippen molar-refractivity contribution in [1.29, 1.82) is 0 Å². The minimum absolute atomic E-state index is 0.0434. The Bertz CT molecular complexity index is 358. The first kappa shape index (κ1) is 11.3. The molecule has 0 saturated carbocycles. The van der Waals surface area contributed by atoms with Gasteiger partial charge >= 0.3 is 0 Å². The molecule has 0 aliphatic carbocycles. The summed E-state index contributed by atoms with van der Waals surface area (Å²) in [5, 5.41) is 0. The molecule has 7 heteroatoms. The molecule has 1 heterocycles. The van der Waals surface area contributed by atoms with Crippen molar-refractivity contribution >= 4 is 11.7 Å². The Morgan fingerprint density at radius 2 is 2.27 bits per heavy atom. The first-order valence-electron chi connectivity index (χ1n) is 4.12. The van der Waals surface area contributed by atoms with Gasteiger partial charge in [-0.3, -0.25) is 9.78 Å². The third kappa shape index (κ3) is 3.12. The molecule has 1 rings (SSSR count). The first-order chi connectivity index (χ1) is 7.00. The predicted octanol–water partition coefficient (Wildman–Crippen LogP) is 0.396. The monoisotopic (exact) mass is 216 g/mol. The van der Waals surface area contributed by atoms with Crippen LogP contribution in [0.1, 0.15) is 10.5 Å². The van der Waals surface area contributed by atoms with Crippen LogP contribution in [0.2, 0.25) is 0 Å². The fourth-order valence-corrected chi connectivity index (χ4v) is 0.970. The van der Waals surface area contributed by atoms with E-state index in [-0.39, 0.29) is 11.5 Å². The van der Waals surface area contributed by atoms with Crippen LogP contribution in [0.3, 0.4) is 0 Å². The summed E-state index contributed by atoms with van der Waals surface area (Å²) in [6, 6.07) is 0. The number of carbonyl (C=O) groups is 1. The lowest BCUT2D eigenvalue weighted by Gasteiger charge is -2.15. The highest BCUT2D eigenvalue weighted by atomic mass is 19.3. The zero-order chi connectivity index (χ0) is 11.4. The largest absolute Gasteiger partial charge is 0.382 e. The van der Waals surface area contributed by atoms with Crippen molar-refractivity contribution in [2.75, 3.05) is 19.3 Å². The van der Waals surface area contributed by atoms with E-state index in [0.29, 0.717) is 0 Å². The second-order valence-corrected chi connectivity index (χ2v) is 2.91. The predicted molar refractivity (Wildman–Crippen MR) is 49.4 cm³/mol. The van der Waals surface area contributed by atoms with Gasteiger partial charge in [-0.2, -0.15) is 0 Å². The van der Waals surface area contributed by atoms with Crippen molar-refractivity contribution in [2.45, 2.75) is 6.43 Å². The van der Waals surface area contributed by atoms with Crippen LogP contribution in [-0.2, 0) is 0 Å². The third-order valence-electron chi connectivity index (χ3n) is 1.63. The van der Waals surface area contributed by atoms with Gasteiger partial charge in [0.2, 0.25) is 0 Å². The Morgan fingerprint density at radius 1 is 1.60 bits per heavy atom. The number of nitrogens with zero attached hydrogens (tertiary/aromatic N) is 3. The molecule has 5 nitrogen and oxygen atoms in total. The number of hydrogen-bond acceptors (Lipinski definition) is 4. The zero-order valence-corrected chi connectivity index (χ0v) is 8.02. The number of nitrogen functional groups attached to an aromatic ring is 1. The van der Waals surface area contributed by atoms with Gasteiger partial charge in [0.1, 0.15) is 11.5 Å². The van der Waals surface area contributed by atoms with E-state index >= 15 is 0 Å². The molecule has 82 valence electrons. The second-order valence-electron chi connectivity index (χ2n) is 2.91. The van der Waals surface area contributed by atoms with Crippen LogP contribution in [0.4, 0.5) is 14.6 Å². The first-order valence-corrected chi connectivity index (χ1v) is 4.12. The molecular weight excluding hydrogens is 206 g/mol. The van der Waals surface area contributed by atoms with E-state index < -0.39 is 18.9 Å². The lowest BCUT2D eigenvalue weighted by Crippen LogP contribution is -2.32. The summed E-state index contributed by atoms with van der Waals surface area (Å²) in [5.41, 5.74) is 5.26. The van der Waals surface area contributed by atoms with Crippen molar-refractivity contribution in [3.8, 4) is 0 Å². The summed E-state index contributed by atoms with van der Waals surface area (Å²) >= 11 is 0. The molecule has 0 bridgehead atoms. The molecule has 0 aromatic carbocycles. The summed E-state index contributed by atoms with van der Waals surface area (Å²) < 4.78 is 24.0. The van der Waals surface area contributed by atoms with Gasteiger partial charge in [-0.25, -0.2) is 13.8 Å². The van der Waals surface area contributed by atoms with Crippen molar-refractivity contribution in [3.05, 3.63) is 18.1 Å². The number of anilines is 1. The fourth-order valence-electron chi connectivity index (χ4n) is 0.970. The van der Waals surface area contributed by atoms with E-state index in [1.165, 1.54) is 19.4 Å². The van der Waals surface area contributed by atoms with Gasteiger partial charge in [-0.05, 0) is 0 Å². The minimum Gasteiger partial charge on any atom is -0.382 e. The Balaban J connectivity index is 2.76. The van der Waals surface area contributed by atoms with E-state index in [1.54, 1.807) is 0 Å². The number of hydrogen-bond donors (Lipinski definition) is 1. The minimum atomic E-state index is -2.58. The number of amides is 1. The molecule has 0 aliphatic heterocycles. The standard InChI is InChI=1S/C8H10F2N4O/c1-14(4-6(9)10)8(15)5-2-12-3-7(11)13-5/h2-3,6H,4H2,1H3,(H2,11,13). The summed E-state index contributed by atoms with van der Waals surface area (Å²) in [6.07, 6.45) is -0.127. The summed E-state index contributed by atoms with van der Waals surface area (Å²) in [6.45, 7) is -0.644. The molecule has 0 atom stereocenters. The summed E-state index contributed by atoms with van der Waals surface area (Å²) in [5.74, 6) is -0.554. The van der Waals surface area contributed by atoms with Gasteiger partial charge in [0.15, 0.2) is 0 Å². The number of alkyl halides is 2.